The maximum absolute atomic E-state index is 3.57. The summed E-state index contributed by atoms with van der Waals surface area (Å²) in [5, 5.41) is 3.57. The number of rotatable bonds is 4. The Bertz CT molecular complexity index is 250. The first-order valence-corrected chi connectivity index (χ1v) is 7.63. The third-order valence-electron chi connectivity index (χ3n) is 5.38. The molecule has 106 valence electrons. The Hall–Kier alpha value is -0.120. The zero-order valence-corrected chi connectivity index (χ0v) is 12.7. The fraction of sp³-hybridized carbons (Fsp3) is 1.00. The van der Waals surface area contributed by atoms with E-state index >= 15 is 0 Å². The molecule has 0 spiro atoms. The molecule has 1 atom stereocenters. The Balaban J connectivity index is 1.91. The van der Waals surface area contributed by atoms with Crippen molar-refractivity contribution in [2.75, 3.05) is 46.8 Å². The summed E-state index contributed by atoms with van der Waals surface area (Å²) in [4.78, 5) is 5.11. The molecule has 0 saturated carbocycles. The fourth-order valence-corrected chi connectivity index (χ4v) is 3.63. The van der Waals surface area contributed by atoms with E-state index in [0.717, 1.165) is 12.0 Å². The first-order chi connectivity index (χ1) is 8.53. The quantitative estimate of drug-likeness (QED) is 0.822. The summed E-state index contributed by atoms with van der Waals surface area (Å²) in [5.74, 6) is 0.779. The summed E-state index contributed by atoms with van der Waals surface area (Å²) in [6, 6.07) is 0.803. The van der Waals surface area contributed by atoms with Gasteiger partial charge in [0.25, 0.3) is 0 Å². The van der Waals surface area contributed by atoms with Gasteiger partial charge in [0.1, 0.15) is 0 Å². The van der Waals surface area contributed by atoms with Crippen LogP contribution in [0.5, 0.6) is 0 Å². The average molecular weight is 253 g/mol. The molecule has 2 heterocycles. The predicted molar refractivity (Wildman–Crippen MR) is 77.9 cm³/mol. The van der Waals surface area contributed by atoms with Crippen molar-refractivity contribution in [2.24, 2.45) is 11.3 Å². The van der Waals surface area contributed by atoms with Crippen molar-refractivity contribution in [1.29, 1.82) is 0 Å². The third-order valence-corrected chi connectivity index (χ3v) is 5.38. The smallest absolute Gasteiger partial charge is 0.0117 e. The second-order valence-corrected chi connectivity index (χ2v) is 6.89. The Morgan fingerprint density at radius 1 is 1.33 bits per heavy atom. The Labute approximate surface area is 113 Å². The molecule has 1 N–H and O–H groups in total. The molecule has 0 aromatic carbocycles. The van der Waals surface area contributed by atoms with E-state index < -0.39 is 0 Å². The van der Waals surface area contributed by atoms with Gasteiger partial charge in [0.15, 0.2) is 0 Å². The minimum absolute atomic E-state index is 0.512. The SMILES string of the molecule is CC(C)C1(CN(C)C2CCN(C)CC2)CCNC1. The van der Waals surface area contributed by atoms with Crippen molar-refractivity contribution in [2.45, 2.75) is 39.2 Å². The number of hydrogen-bond acceptors (Lipinski definition) is 3. The number of likely N-dealkylation sites (tertiary alicyclic amines) is 1. The van der Waals surface area contributed by atoms with Gasteiger partial charge in [0.05, 0.1) is 0 Å². The maximum Gasteiger partial charge on any atom is 0.0117 e. The molecule has 2 fully saturated rings. The molecule has 0 aromatic rings. The second-order valence-electron chi connectivity index (χ2n) is 6.89. The van der Waals surface area contributed by atoms with Crippen molar-refractivity contribution in [1.82, 2.24) is 15.1 Å². The minimum Gasteiger partial charge on any atom is -0.316 e. The Kier molecular flexibility index (Phi) is 4.68. The summed E-state index contributed by atoms with van der Waals surface area (Å²) >= 11 is 0. The standard InChI is InChI=1S/C15H31N3/c1-13(2)15(7-8-16-11-15)12-18(4)14-5-9-17(3)10-6-14/h13-14,16H,5-12H2,1-4H3. The molecule has 2 aliphatic rings. The summed E-state index contributed by atoms with van der Waals surface area (Å²) in [7, 11) is 4.59. The summed E-state index contributed by atoms with van der Waals surface area (Å²) in [6.45, 7) is 11.0. The lowest BCUT2D eigenvalue weighted by Crippen LogP contribution is -2.48. The van der Waals surface area contributed by atoms with E-state index in [1.807, 2.05) is 0 Å². The van der Waals surface area contributed by atoms with Crippen LogP contribution in [0.2, 0.25) is 0 Å². The zero-order chi connectivity index (χ0) is 13.2. The van der Waals surface area contributed by atoms with Crippen LogP contribution in [-0.4, -0.2) is 62.7 Å². The van der Waals surface area contributed by atoms with E-state index in [-0.39, 0.29) is 0 Å². The molecule has 0 aliphatic carbocycles. The monoisotopic (exact) mass is 253 g/mol. The molecule has 2 rings (SSSR count). The normalized spacial score (nSPS) is 31.7. The highest BCUT2D eigenvalue weighted by Crippen LogP contribution is 2.35. The van der Waals surface area contributed by atoms with Crippen molar-refractivity contribution >= 4 is 0 Å². The van der Waals surface area contributed by atoms with Crippen molar-refractivity contribution in [3.63, 3.8) is 0 Å². The first-order valence-electron chi connectivity index (χ1n) is 7.63. The molecule has 0 radical (unpaired) electrons. The predicted octanol–water partition coefficient (Wildman–Crippen LogP) is 1.65. The van der Waals surface area contributed by atoms with Crippen LogP contribution >= 0.6 is 0 Å². The molecule has 18 heavy (non-hydrogen) atoms. The highest BCUT2D eigenvalue weighted by molar-refractivity contribution is 4.93. The zero-order valence-electron chi connectivity index (χ0n) is 12.7. The first kappa shape index (κ1) is 14.3. The van der Waals surface area contributed by atoms with Crippen LogP contribution in [0.4, 0.5) is 0 Å². The number of nitrogens with zero attached hydrogens (tertiary/aromatic N) is 2. The lowest BCUT2D eigenvalue weighted by atomic mass is 9.75. The van der Waals surface area contributed by atoms with Gasteiger partial charge >= 0.3 is 0 Å². The molecule has 3 heteroatoms. The fourth-order valence-electron chi connectivity index (χ4n) is 3.63. The van der Waals surface area contributed by atoms with Crippen LogP contribution < -0.4 is 5.32 Å². The van der Waals surface area contributed by atoms with Crippen molar-refractivity contribution < 1.29 is 0 Å². The van der Waals surface area contributed by atoms with E-state index in [9.17, 15) is 0 Å². The molecule has 3 nitrogen and oxygen atoms in total. The van der Waals surface area contributed by atoms with Crippen LogP contribution in [0.25, 0.3) is 0 Å². The molecule has 1 unspecified atom stereocenters. The van der Waals surface area contributed by atoms with Gasteiger partial charge in [-0.25, -0.2) is 0 Å². The summed E-state index contributed by atoms with van der Waals surface area (Å²) in [5.41, 5.74) is 0.512. The van der Waals surface area contributed by atoms with E-state index in [0.29, 0.717) is 5.41 Å². The highest BCUT2D eigenvalue weighted by atomic mass is 15.2. The second kappa shape index (κ2) is 5.89. The van der Waals surface area contributed by atoms with Gasteiger partial charge in [-0.15, -0.1) is 0 Å². The number of hydrogen-bond donors (Lipinski definition) is 1. The average Bonchev–Trinajstić information content (AvgIpc) is 2.79. The van der Waals surface area contributed by atoms with Gasteiger partial charge in [-0.2, -0.15) is 0 Å². The van der Waals surface area contributed by atoms with E-state index in [1.54, 1.807) is 0 Å². The Morgan fingerprint density at radius 2 is 2.00 bits per heavy atom. The van der Waals surface area contributed by atoms with Gasteiger partial charge in [0.2, 0.25) is 0 Å². The van der Waals surface area contributed by atoms with E-state index in [1.165, 1.54) is 52.0 Å². The summed E-state index contributed by atoms with van der Waals surface area (Å²) in [6.07, 6.45) is 4.03. The van der Waals surface area contributed by atoms with E-state index in [2.05, 4.69) is 43.1 Å². The van der Waals surface area contributed by atoms with E-state index in [4.69, 9.17) is 0 Å². The van der Waals surface area contributed by atoms with Crippen molar-refractivity contribution in [3.05, 3.63) is 0 Å². The van der Waals surface area contributed by atoms with Gasteiger partial charge in [0, 0.05) is 19.1 Å². The molecular weight excluding hydrogens is 222 g/mol. The van der Waals surface area contributed by atoms with Gasteiger partial charge in [-0.1, -0.05) is 13.8 Å². The molecule has 0 bridgehead atoms. The van der Waals surface area contributed by atoms with Gasteiger partial charge < -0.3 is 15.1 Å². The van der Waals surface area contributed by atoms with Crippen LogP contribution in [-0.2, 0) is 0 Å². The number of piperidine rings is 1. The minimum atomic E-state index is 0.512. The molecule has 2 saturated heterocycles. The largest absolute Gasteiger partial charge is 0.316 e. The van der Waals surface area contributed by atoms with Gasteiger partial charge in [-0.3, -0.25) is 0 Å². The van der Waals surface area contributed by atoms with Crippen LogP contribution in [0.1, 0.15) is 33.1 Å². The lowest BCUT2D eigenvalue weighted by molar-refractivity contribution is 0.0763. The van der Waals surface area contributed by atoms with Crippen LogP contribution in [0.15, 0.2) is 0 Å². The van der Waals surface area contributed by atoms with Crippen molar-refractivity contribution in [3.8, 4) is 0 Å². The maximum atomic E-state index is 3.57. The molecule has 0 amide bonds. The highest BCUT2D eigenvalue weighted by Gasteiger charge is 2.39. The molecule has 2 aliphatic heterocycles. The molecule has 0 aromatic heterocycles. The lowest BCUT2D eigenvalue weighted by Gasteiger charge is -2.42. The van der Waals surface area contributed by atoms with Crippen LogP contribution in [0.3, 0.4) is 0 Å². The summed E-state index contributed by atoms with van der Waals surface area (Å²) < 4.78 is 0. The third kappa shape index (κ3) is 3.06. The number of nitrogens with one attached hydrogen (secondary N) is 1. The molecular formula is C15H31N3. The Morgan fingerprint density at radius 3 is 2.50 bits per heavy atom. The van der Waals surface area contributed by atoms with Gasteiger partial charge in [-0.05, 0) is 64.3 Å². The topological polar surface area (TPSA) is 18.5 Å². The van der Waals surface area contributed by atoms with Crippen LogP contribution in [0, 0.1) is 11.3 Å².